The molecule has 33 heavy (non-hydrogen) atoms. The second kappa shape index (κ2) is 8.58. The molecule has 174 valence electrons. The van der Waals surface area contributed by atoms with Crippen LogP contribution >= 0.6 is 11.6 Å². The lowest BCUT2D eigenvalue weighted by Gasteiger charge is -2.40. The first-order valence-electron chi connectivity index (χ1n) is 9.09. The van der Waals surface area contributed by atoms with Crippen molar-refractivity contribution in [2.45, 2.75) is 18.9 Å². The number of hydrogen-bond acceptors (Lipinski definition) is 5. The number of nitro benzene ring substituents is 1. The van der Waals surface area contributed by atoms with Gasteiger partial charge in [-0.05, 0) is 19.1 Å². The number of aliphatic imine (C=N–C) groups is 1. The predicted molar refractivity (Wildman–Crippen MR) is 111 cm³/mol. The maximum absolute atomic E-state index is 15.5. The molecule has 2 aromatic rings. The van der Waals surface area contributed by atoms with Gasteiger partial charge in [-0.3, -0.25) is 19.8 Å². The highest BCUT2D eigenvalue weighted by Gasteiger charge is 2.43. The Morgan fingerprint density at radius 2 is 2.00 bits per heavy atom. The molecule has 1 aliphatic rings. The first kappa shape index (κ1) is 23.8. The molecule has 1 saturated heterocycles. The smallest absolute Gasteiger partial charge is 0.434 e. The predicted octanol–water partition coefficient (Wildman–Crippen LogP) is 4.11. The van der Waals surface area contributed by atoms with E-state index >= 15 is 4.39 Å². The van der Waals surface area contributed by atoms with Crippen LogP contribution in [0.25, 0.3) is 0 Å². The molecule has 1 heterocycles. The standard InChI is InChI=1S/C19H15ClF3N5O5/c1-19(7-13(29)27(2)17(26-19)25-18(30)31)14-9(21)6-10(22)16(15(14)23)24-11-5-8(20)3-4-12(11)28(32)33/h3-6,24H,7H2,1-2H3,(H,25,26)(H,30,31)/t19-/m0/s1. The molecule has 0 unspecified atom stereocenters. The lowest BCUT2D eigenvalue weighted by molar-refractivity contribution is -0.383. The number of carbonyl (C=O) groups excluding carboxylic acids is 1. The van der Waals surface area contributed by atoms with Crippen molar-refractivity contribution in [3.8, 4) is 0 Å². The van der Waals surface area contributed by atoms with E-state index in [1.165, 1.54) is 20.0 Å². The lowest BCUT2D eigenvalue weighted by atomic mass is 9.85. The van der Waals surface area contributed by atoms with Gasteiger partial charge < -0.3 is 15.7 Å². The summed E-state index contributed by atoms with van der Waals surface area (Å²) >= 11 is 5.83. The van der Waals surface area contributed by atoms with E-state index < -0.39 is 69.2 Å². The van der Waals surface area contributed by atoms with Gasteiger partial charge >= 0.3 is 6.09 Å². The first-order chi connectivity index (χ1) is 15.3. The van der Waals surface area contributed by atoms with E-state index in [0.29, 0.717) is 6.07 Å². The van der Waals surface area contributed by atoms with Crippen LogP contribution in [0.15, 0.2) is 29.3 Å². The van der Waals surface area contributed by atoms with E-state index in [2.05, 4.69) is 15.6 Å². The van der Waals surface area contributed by atoms with Crippen LogP contribution < -0.4 is 10.6 Å². The summed E-state index contributed by atoms with van der Waals surface area (Å²) in [6.07, 6.45) is -2.21. The van der Waals surface area contributed by atoms with Gasteiger partial charge in [0, 0.05) is 24.2 Å². The number of rotatable bonds is 4. The molecule has 0 aromatic heterocycles. The Morgan fingerprint density at radius 1 is 1.33 bits per heavy atom. The molecule has 14 heteroatoms. The third-order valence-corrected chi connectivity index (χ3v) is 5.16. The SMILES string of the molecule is CN1C(=O)C[C@@](C)(c2c(F)cc(F)c(Nc3cc(Cl)ccc3[N+](=O)[O-])c2F)N/C1=N\C(=O)O. The van der Waals surface area contributed by atoms with Crippen LogP contribution in [0.5, 0.6) is 0 Å². The molecule has 1 atom stereocenters. The van der Waals surface area contributed by atoms with Gasteiger partial charge in [-0.25, -0.2) is 18.0 Å². The van der Waals surface area contributed by atoms with Gasteiger partial charge in [0.2, 0.25) is 11.9 Å². The molecule has 1 aliphatic heterocycles. The van der Waals surface area contributed by atoms with Gasteiger partial charge in [-0.15, -0.1) is 4.99 Å². The van der Waals surface area contributed by atoms with Gasteiger partial charge in [-0.1, -0.05) is 11.6 Å². The van der Waals surface area contributed by atoms with Crippen LogP contribution in [0.1, 0.15) is 18.9 Å². The highest BCUT2D eigenvalue weighted by Crippen LogP contribution is 2.39. The number of anilines is 2. The van der Waals surface area contributed by atoms with Crippen LogP contribution in [-0.4, -0.2) is 39.9 Å². The lowest BCUT2D eigenvalue weighted by Crippen LogP contribution is -2.59. The third-order valence-electron chi connectivity index (χ3n) is 4.92. The molecule has 0 aliphatic carbocycles. The van der Waals surface area contributed by atoms with E-state index in [4.69, 9.17) is 16.7 Å². The van der Waals surface area contributed by atoms with Crippen molar-refractivity contribution < 1.29 is 32.8 Å². The second-order valence-electron chi connectivity index (χ2n) is 7.25. The fourth-order valence-corrected chi connectivity index (χ4v) is 3.54. The maximum Gasteiger partial charge on any atom is 0.434 e. The summed E-state index contributed by atoms with van der Waals surface area (Å²) in [6, 6.07) is 3.60. The minimum Gasteiger partial charge on any atom is -0.463 e. The summed E-state index contributed by atoms with van der Waals surface area (Å²) in [5.74, 6) is -5.50. The zero-order valence-corrected chi connectivity index (χ0v) is 17.7. The fraction of sp³-hybridized carbons (Fsp3) is 0.211. The van der Waals surface area contributed by atoms with E-state index in [9.17, 15) is 28.5 Å². The number of nitrogens with zero attached hydrogens (tertiary/aromatic N) is 3. The number of carbonyl (C=O) groups is 2. The largest absolute Gasteiger partial charge is 0.463 e. The molecule has 3 N–H and O–H groups in total. The van der Waals surface area contributed by atoms with E-state index in [-0.39, 0.29) is 10.7 Å². The minimum absolute atomic E-state index is 0.0234. The van der Waals surface area contributed by atoms with Crippen molar-refractivity contribution >= 4 is 46.6 Å². The number of guanidine groups is 1. The average molecular weight is 486 g/mol. The molecule has 2 amide bonds. The fourth-order valence-electron chi connectivity index (χ4n) is 3.37. The number of halogens is 4. The van der Waals surface area contributed by atoms with Gasteiger partial charge in [0.15, 0.2) is 11.6 Å². The molecule has 0 radical (unpaired) electrons. The van der Waals surface area contributed by atoms with Crippen molar-refractivity contribution in [2.24, 2.45) is 4.99 Å². The molecule has 0 saturated carbocycles. The summed E-state index contributed by atoms with van der Waals surface area (Å²) < 4.78 is 44.8. The molecule has 3 rings (SSSR count). The van der Waals surface area contributed by atoms with Crippen molar-refractivity contribution in [1.82, 2.24) is 10.2 Å². The average Bonchev–Trinajstić information content (AvgIpc) is 2.68. The van der Waals surface area contributed by atoms with Crippen molar-refractivity contribution in [3.63, 3.8) is 0 Å². The number of carboxylic acid groups (broad SMARTS) is 1. The zero-order valence-electron chi connectivity index (χ0n) is 17.0. The Morgan fingerprint density at radius 3 is 2.61 bits per heavy atom. The Kier molecular flexibility index (Phi) is 6.18. The monoisotopic (exact) mass is 485 g/mol. The molecular formula is C19H15ClF3N5O5. The van der Waals surface area contributed by atoms with Gasteiger partial charge in [0.1, 0.15) is 17.2 Å². The molecular weight excluding hydrogens is 471 g/mol. The minimum atomic E-state index is -1.88. The van der Waals surface area contributed by atoms with Crippen LogP contribution in [-0.2, 0) is 10.3 Å². The number of nitrogens with one attached hydrogen (secondary N) is 2. The normalized spacial score (nSPS) is 19.4. The van der Waals surface area contributed by atoms with E-state index in [0.717, 1.165) is 17.0 Å². The maximum atomic E-state index is 15.5. The summed E-state index contributed by atoms with van der Waals surface area (Å²) in [5.41, 5.74) is -4.55. The van der Waals surface area contributed by atoms with Crippen LogP contribution in [0.2, 0.25) is 5.02 Å². The molecule has 0 spiro atoms. The zero-order chi connectivity index (χ0) is 24.7. The quantitative estimate of drug-likeness (QED) is 0.437. The molecule has 0 bridgehead atoms. The summed E-state index contributed by atoms with van der Waals surface area (Å²) in [7, 11) is 1.21. The van der Waals surface area contributed by atoms with E-state index in [1.807, 2.05) is 0 Å². The van der Waals surface area contributed by atoms with Crippen molar-refractivity contribution in [3.05, 3.63) is 62.4 Å². The summed E-state index contributed by atoms with van der Waals surface area (Å²) in [4.78, 5) is 37.9. The third kappa shape index (κ3) is 4.53. The highest BCUT2D eigenvalue weighted by atomic mass is 35.5. The molecule has 2 aromatic carbocycles. The van der Waals surface area contributed by atoms with Crippen molar-refractivity contribution in [2.75, 3.05) is 12.4 Å². The number of nitro groups is 1. The van der Waals surface area contributed by atoms with Gasteiger partial charge in [-0.2, -0.15) is 0 Å². The Balaban J connectivity index is 2.16. The molecule has 1 fully saturated rings. The topological polar surface area (TPSA) is 137 Å². The first-order valence-corrected chi connectivity index (χ1v) is 9.47. The summed E-state index contributed by atoms with van der Waals surface area (Å²) in [6.45, 7) is 1.19. The van der Waals surface area contributed by atoms with E-state index in [1.54, 1.807) is 0 Å². The van der Waals surface area contributed by atoms with Gasteiger partial charge in [0.05, 0.1) is 22.4 Å². The van der Waals surface area contributed by atoms with Crippen LogP contribution in [0, 0.1) is 27.6 Å². The van der Waals surface area contributed by atoms with Gasteiger partial charge in [0.25, 0.3) is 5.69 Å². The number of benzene rings is 2. The van der Waals surface area contributed by atoms with Crippen LogP contribution in [0.4, 0.5) is 35.0 Å². The van der Waals surface area contributed by atoms with Crippen LogP contribution in [0.3, 0.4) is 0 Å². The molecule has 10 nitrogen and oxygen atoms in total. The Hall–Kier alpha value is -3.87. The Labute approximate surface area is 188 Å². The highest BCUT2D eigenvalue weighted by molar-refractivity contribution is 6.31. The second-order valence-corrected chi connectivity index (χ2v) is 7.69. The summed E-state index contributed by atoms with van der Waals surface area (Å²) in [5, 5.41) is 24.9. The Bertz CT molecular complexity index is 1220. The van der Waals surface area contributed by atoms with Crippen molar-refractivity contribution in [1.29, 1.82) is 0 Å². The number of amides is 2. The number of hydrogen-bond donors (Lipinski definition) is 3.